The summed E-state index contributed by atoms with van der Waals surface area (Å²) in [6, 6.07) is 10.8. The lowest BCUT2D eigenvalue weighted by atomic mass is 10.1. The number of primary amides is 1. The average molecular weight is 347 g/mol. The molecule has 126 valence electrons. The molecule has 0 fully saturated rings. The van der Waals surface area contributed by atoms with Gasteiger partial charge in [-0.1, -0.05) is 0 Å². The van der Waals surface area contributed by atoms with Crippen molar-refractivity contribution in [1.29, 1.82) is 0 Å². The van der Waals surface area contributed by atoms with Crippen molar-refractivity contribution in [3.05, 3.63) is 59.2 Å². The largest absolute Gasteiger partial charge is 0.366 e. The first kappa shape index (κ1) is 17.5. The van der Waals surface area contributed by atoms with Crippen molar-refractivity contribution in [3.63, 3.8) is 0 Å². The molecular formula is C16H17N3O4S. The van der Waals surface area contributed by atoms with Gasteiger partial charge >= 0.3 is 0 Å². The van der Waals surface area contributed by atoms with E-state index in [2.05, 4.69) is 10.0 Å². The van der Waals surface area contributed by atoms with E-state index >= 15 is 0 Å². The van der Waals surface area contributed by atoms with E-state index in [-0.39, 0.29) is 5.91 Å². The maximum atomic E-state index is 12.2. The highest BCUT2D eigenvalue weighted by Crippen LogP contribution is 2.19. The fraction of sp³-hybridized carbons (Fsp3) is 0.125. The molecule has 0 radical (unpaired) electrons. The Morgan fingerprint density at radius 1 is 1.00 bits per heavy atom. The van der Waals surface area contributed by atoms with Crippen molar-refractivity contribution in [2.45, 2.75) is 6.92 Å². The number of hydrogen-bond acceptors (Lipinski definition) is 4. The van der Waals surface area contributed by atoms with Crippen LogP contribution in [0.4, 0.5) is 11.4 Å². The van der Waals surface area contributed by atoms with Crippen LogP contribution < -0.4 is 15.8 Å². The van der Waals surface area contributed by atoms with Gasteiger partial charge in [0.1, 0.15) is 0 Å². The topological polar surface area (TPSA) is 118 Å². The van der Waals surface area contributed by atoms with Crippen LogP contribution in [-0.4, -0.2) is 26.5 Å². The van der Waals surface area contributed by atoms with E-state index in [0.717, 1.165) is 6.26 Å². The Balaban J connectivity index is 2.15. The van der Waals surface area contributed by atoms with Gasteiger partial charge in [-0.15, -0.1) is 0 Å². The van der Waals surface area contributed by atoms with Gasteiger partial charge in [0.2, 0.25) is 15.9 Å². The van der Waals surface area contributed by atoms with Crippen molar-refractivity contribution in [2.24, 2.45) is 5.73 Å². The van der Waals surface area contributed by atoms with Crippen LogP contribution in [0.1, 0.15) is 26.3 Å². The number of carbonyl (C=O) groups excluding carboxylic acids is 2. The minimum atomic E-state index is -3.38. The first-order chi connectivity index (χ1) is 11.2. The Labute approximate surface area is 139 Å². The third-order valence-electron chi connectivity index (χ3n) is 3.21. The molecule has 7 nitrogen and oxygen atoms in total. The molecule has 0 atom stereocenters. The second-order valence-corrected chi connectivity index (χ2v) is 7.05. The normalized spacial score (nSPS) is 10.9. The van der Waals surface area contributed by atoms with Gasteiger partial charge in [-0.2, -0.15) is 0 Å². The van der Waals surface area contributed by atoms with E-state index in [1.807, 2.05) is 0 Å². The predicted octanol–water partition coefficient (Wildman–Crippen LogP) is 1.72. The maximum absolute atomic E-state index is 12.2. The van der Waals surface area contributed by atoms with E-state index < -0.39 is 15.9 Å². The lowest BCUT2D eigenvalue weighted by Gasteiger charge is -2.10. The lowest BCUT2D eigenvalue weighted by Crippen LogP contribution is -2.14. The van der Waals surface area contributed by atoms with Crippen LogP contribution in [0.25, 0.3) is 0 Å². The third-order valence-corrected chi connectivity index (χ3v) is 3.80. The number of amides is 2. The molecule has 0 saturated carbocycles. The van der Waals surface area contributed by atoms with Gasteiger partial charge < -0.3 is 11.1 Å². The molecule has 2 aromatic carbocycles. The monoisotopic (exact) mass is 347 g/mol. The molecule has 0 aliphatic heterocycles. The maximum Gasteiger partial charge on any atom is 0.255 e. The number of anilines is 2. The molecule has 0 saturated heterocycles. The quantitative estimate of drug-likeness (QED) is 0.763. The van der Waals surface area contributed by atoms with E-state index in [1.165, 1.54) is 24.3 Å². The van der Waals surface area contributed by atoms with Gasteiger partial charge in [0.25, 0.3) is 5.91 Å². The summed E-state index contributed by atoms with van der Waals surface area (Å²) in [4.78, 5) is 23.3. The highest BCUT2D eigenvalue weighted by atomic mass is 32.2. The molecular weight excluding hydrogens is 330 g/mol. The van der Waals surface area contributed by atoms with Crippen LogP contribution in [0.2, 0.25) is 0 Å². The van der Waals surface area contributed by atoms with Crippen molar-refractivity contribution < 1.29 is 18.0 Å². The van der Waals surface area contributed by atoms with Crippen LogP contribution in [-0.2, 0) is 10.0 Å². The molecule has 0 aliphatic rings. The number of aryl methyl sites for hydroxylation is 1. The van der Waals surface area contributed by atoms with Crippen LogP contribution in [0.3, 0.4) is 0 Å². The van der Waals surface area contributed by atoms with Gasteiger partial charge in [0, 0.05) is 16.8 Å². The molecule has 8 heteroatoms. The summed E-state index contributed by atoms with van der Waals surface area (Å²) >= 11 is 0. The molecule has 2 rings (SSSR count). The predicted molar refractivity (Wildman–Crippen MR) is 92.6 cm³/mol. The Hall–Kier alpha value is -2.87. The molecule has 0 aliphatic carbocycles. The van der Waals surface area contributed by atoms with Crippen molar-refractivity contribution in [2.75, 3.05) is 16.3 Å². The average Bonchev–Trinajstić information content (AvgIpc) is 2.48. The summed E-state index contributed by atoms with van der Waals surface area (Å²) in [7, 11) is -3.38. The number of nitrogens with two attached hydrogens (primary N) is 1. The van der Waals surface area contributed by atoms with Crippen LogP contribution in [0.15, 0.2) is 42.5 Å². The number of nitrogens with one attached hydrogen (secondary N) is 2. The standard InChI is InChI=1S/C16H17N3O4S/c1-10-9-12(5-8-14(10)19-24(2,22)23)16(21)18-13-6-3-11(4-7-13)15(17)20/h3-9,19H,1-2H3,(H2,17,20)(H,18,21). The second-order valence-electron chi connectivity index (χ2n) is 5.30. The zero-order valence-corrected chi connectivity index (χ0v) is 14.0. The first-order valence-corrected chi connectivity index (χ1v) is 8.84. The molecule has 0 bridgehead atoms. The smallest absolute Gasteiger partial charge is 0.255 e. The van der Waals surface area contributed by atoms with E-state index in [0.29, 0.717) is 28.1 Å². The summed E-state index contributed by atoms with van der Waals surface area (Å²) in [6.45, 7) is 1.70. The molecule has 2 aromatic rings. The molecule has 0 spiro atoms. The minimum Gasteiger partial charge on any atom is -0.366 e. The van der Waals surface area contributed by atoms with Crippen molar-refractivity contribution in [3.8, 4) is 0 Å². The Bertz CT molecular complexity index is 890. The number of sulfonamides is 1. The van der Waals surface area contributed by atoms with Gasteiger partial charge in [0.15, 0.2) is 0 Å². The highest BCUT2D eigenvalue weighted by Gasteiger charge is 2.10. The fourth-order valence-electron chi connectivity index (χ4n) is 2.04. The highest BCUT2D eigenvalue weighted by molar-refractivity contribution is 7.92. The number of rotatable bonds is 5. The Kier molecular flexibility index (Phi) is 4.89. The van der Waals surface area contributed by atoms with Crippen LogP contribution in [0.5, 0.6) is 0 Å². The van der Waals surface area contributed by atoms with Crippen LogP contribution >= 0.6 is 0 Å². The zero-order valence-electron chi connectivity index (χ0n) is 13.2. The zero-order chi connectivity index (χ0) is 17.9. The SMILES string of the molecule is Cc1cc(C(=O)Nc2ccc(C(N)=O)cc2)ccc1NS(C)(=O)=O. The molecule has 0 aromatic heterocycles. The van der Waals surface area contributed by atoms with Gasteiger partial charge in [-0.05, 0) is 55.0 Å². The van der Waals surface area contributed by atoms with Crippen molar-refractivity contribution in [1.82, 2.24) is 0 Å². The summed E-state index contributed by atoms with van der Waals surface area (Å²) in [6.07, 6.45) is 1.06. The number of carbonyl (C=O) groups is 2. The van der Waals surface area contributed by atoms with E-state index in [1.54, 1.807) is 25.1 Å². The summed E-state index contributed by atoms with van der Waals surface area (Å²) < 4.78 is 24.9. The summed E-state index contributed by atoms with van der Waals surface area (Å²) in [5.74, 6) is -0.895. The summed E-state index contributed by atoms with van der Waals surface area (Å²) in [5, 5.41) is 2.69. The Morgan fingerprint density at radius 3 is 2.08 bits per heavy atom. The lowest BCUT2D eigenvalue weighted by molar-refractivity contribution is 0.0998. The van der Waals surface area contributed by atoms with Gasteiger partial charge in [0.05, 0.1) is 11.9 Å². The van der Waals surface area contributed by atoms with Crippen molar-refractivity contribution >= 4 is 33.2 Å². The minimum absolute atomic E-state index is 0.347. The van der Waals surface area contributed by atoms with Gasteiger partial charge in [-0.3, -0.25) is 14.3 Å². The fourth-order valence-corrected chi connectivity index (χ4v) is 2.67. The molecule has 2 amide bonds. The third kappa shape index (κ3) is 4.56. The van der Waals surface area contributed by atoms with E-state index in [9.17, 15) is 18.0 Å². The van der Waals surface area contributed by atoms with E-state index in [4.69, 9.17) is 5.73 Å². The Morgan fingerprint density at radius 2 is 1.58 bits per heavy atom. The molecule has 24 heavy (non-hydrogen) atoms. The van der Waals surface area contributed by atoms with Gasteiger partial charge in [-0.25, -0.2) is 8.42 Å². The summed E-state index contributed by atoms with van der Waals surface area (Å²) in [5.41, 5.74) is 7.44. The van der Waals surface area contributed by atoms with Crippen LogP contribution in [0, 0.1) is 6.92 Å². The number of benzene rings is 2. The molecule has 0 heterocycles. The second kappa shape index (κ2) is 6.71. The first-order valence-electron chi connectivity index (χ1n) is 6.95. The molecule has 0 unspecified atom stereocenters. The molecule has 4 N–H and O–H groups in total. The number of hydrogen-bond donors (Lipinski definition) is 3.